The Hall–Kier alpha value is -0.820. The zero-order chi connectivity index (χ0) is 10.3. The third kappa shape index (κ3) is 1.69. The summed E-state index contributed by atoms with van der Waals surface area (Å²) < 4.78 is 1.39. The number of rotatable bonds is 2. The highest BCUT2D eigenvalue weighted by molar-refractivity contribution is 9.11. The molecule has 0 N–H and O–H groups in total. The first-order valence-corrected chi connectivity index (χ1v) is 6.24. The van der Waals surface area contributed by atoms with Crippen LogP contribution in [0.2, 0.25) is 0 Å². The summed E-state index contributed by atoms with van der Waals surface area (Å²) in [5.41, 5.74) is 3.04. The molecule has 0 heterocycles. The van der Waals surface area contributed by atoms with Crippen LogP contribution >= 0.6 is 15.9 Å². The number of halogens is 1. The Morgan fingerprint density at radius 1 is 1.07 bits per heavy atom. The van der Waals surface area contributed by atoms with Crippen molar-refractivity contribution in [3.05, 3.63) is 58.1 Å². The fourth-order valence-electron chi connectivity index (χ4n) is 2.58. The Balaban J connectivity index is 1.78. The molecule has 0 saturated heterocycles. The second-order valence-corrected chi connectivity index (χ2v) is 5.32. The molecule has 0 aliphatic heterocycles. The Morgan fingerprint density at radius 3 is 2.47 bits per heavy atom. The third-order valence-electron chi connectivity index (χ3n) is 3.37. The largest absolute Gasteiger partial charge is 0.0763 e. The zero-order valence-electron chi connectivity index (χ0n) is 8.49. The first-order valence-electron chi connectivity index (χ1n) is 5.44. The average molecular weight is 261 g/mol. The molecule has 1 heteroatoms. The first kappa shape index (κ1) is 9.41. The normalized spacial score (nSPS) is 27.8. The van der Waals surface area contributed by atoms with E-state index in [1.54, 1.807) is 5.57 Å². The summed E-state index contributed by atoms with van der Waals surface area (Å²) in [5.74, 6) is 1.37. The summed E-state index contributed by atoms with van der Waals surface area (Å²) in [4.78, 5) is 0. The van der Waals surface area contributed by atoms with Gasteiger partial charge in [-0.1, -0.05) is 64.0 Å². The molecule has 1 aromatic carbocycles. The van der Waals surface area contributed by atoms with E-state index >= 15 is 0 Å². The molecule has 0 fully saturated rings. The summed E-state index contributed by atoms with van der Waals surface area (Å²) in [6, 6.07) is 10.7. The van der Waals surface area contributed by atoms with Crippen LogP contribution in [0.3, 0.4) is 0 Å². The monoisotopic (exact) mass is 260 g/mol. The van der Waals surface area contributed by atoms with Gasteiger partial charge in [0.2, 0.25) is 0 Å². The smallest absolute Gasteiger partial charge is 0.00928 e. The van der Waals surface area contributed by atoms with Crippen LogP contribution in [0.25, 0.3) is 0 Å². The summed E-state index contributed by atoms with van der Waals surface area (Å²) in [7, 11) is 0. The minimum absolute atomic E-state index is 0.675. The molecule has 15 heavy (non-hydrogen) atoms. The van der Waals surface area contributed by atoms with Crippen LogP contribution < -0.4 is 0 Å². The number of benzene rings is 1. The highest BCUT2D eigenvalue weighted by atomic mass is 79.9. The molecule has 2 aliphatic carbocycles. The predicted molar refractivity (Wildman–Crippen MR) is 66.8 cm³/mol. The molecule has 1 aromatic rings. The lowest BCUT2D eigenvalue weighted by molar-refractivity contribution is 0.702. The molecule has 2 aliphatic rings. The van der Waals surface area contributed by atoms with E-state index in [0.29, 0.717) is 11.8 Å². The zero-order valence-corrected chi connectivity index (χ0v) is 10.1. The highest BCUT2D eigenvalue weighted by Gasteiger charge is 2.32. The molecule has 76 valence electrons. The molecule has 0 saturated carbocycles. The minimum atomic E-state index is 0.675. The van der Waals surface area contributed by atoms with Crippen molar-refractivity contribution in [1.82, 2.24) is 0 Å². The Labute approximate surface area is 98.8 Å². The summed E-state index contributed by atoms with van der Waals surface area (Å²) in [5, 5.41) is 0. The fourth-order valence-corrected chi connectivity index (χ4v) is 3.22. The second kappa shape index (κ2) is 3.64. The standard InChI is InChI=1S/C14H13Br/c15-14-9-12-8-13(14)7-11(12)6-10-4-2-1-3-5-10/h1-5,7,9,12-13H,6,8H2/t12-,13+/m1/s1. The molecule has 2 bridgehead atoms. The topological polar surface area (TPSA) is 0 Å². The van der Waals surface area contributed by atoms with Crippen LogP contribution in [0.15, 0.2) is 52.5 Å². The molecular formula is C14H13Br. The van der Waals surface area contributed by atoms with Crippen molar-refractivity contribution >= 4 is 15.9 Å². The van der Waals surface area contributed by atoms with Gasteiger partial charge in [0, 0.05) is 11.8 Å². The van der Waals surface area contributed by atoms with Crippen LogP contribution in [0.1, 0.15) is 12.0 Å². The van der Waals surface area contributed by atoms with Gasteiger partial charge in [0.25, 0.3) is 0 Å². The fraction of sp³-hybridized carbons (Fsp3) is 0.286. The van der Waals surface area contributed by atoms with Crippen LogP contribution in [0.5, 0.6) is 0 Å². The van der Waals surface area contributed by atoms with Crippen LogP contribution in [-0.4, -0.2) is 0 Å². The molecule has 0 nitrogen and oxygen atoms in total. The van der Waals surface area contributed by atoms with Gasteiger partial charge in [-0.05, 0) is 22.9 Å². The molecule has 2 atom stereocenters. The Kier molecular flexibility index (Phi) is 2.28. The van der Waals surface area contributed by atoms with E-state index in [1.807, 2.05) is 0 Å². The molecule has 0 amide bonds. The maximum Gasteiger partial charge on any atom is 0.00928 e. The van der Waals surface area contributed by atoms with Crippen molar-refractivity contribution in [2.24, 2.45) is 11.8 Å². The van der Waals surface area contributed by atoms with Gasteiger partial charge in [0.05, 0.1) is 0 Å². The molecular weight excluding hydrogens is 248 g/mol. The van der Waals surface area contributed by atoms with E-state index < -0.39 is 0 Å². The van der Waals surface area contributed by atoms with E-state index in [1.165, 1.54) is 16.5 Å². The van der Waals surface area contributed by atoms with Crippen molar-refractivity contribution in [2.45, 2.75) is 12.8 Å². The van der Waals surface area contributed by atoms with Crippen molar-refractivity contribution in [2.75, 3.05) is 0 Å². The van der Waals surface area contributed by atoms with Gasteiger partial charge < -0.3 is 0 Å². The number of allylic oxidation sites excluding steroid dienone is 4. The molecule has 0 spiro atoms. The van der Waals surface area contributed by atoms with Gasteiger partial charge in [0.1, 0.15) is 0 Å². The van der Waals surface area contributed by atoms with Gasteiger partial charge in [0.15, 0.2) is 0 Å². The summed E-state index contributed by atoms with van der Waals surface area (Å²) in [6.07, 6.45) is 7.24. The summed E-state index contributed by atoms with van der Waals surface area (Å²) >= 11 is 3.62. The number of hydrogen-bond donors (Lipinski definition) is 0. The van der Waals surface area contributed by atoms with Crippen LogP contribution in [0.4, 0.5) is 0 Å². The lowest BCUT2D eigenvalue weighted by Crippen LogP contribution is -1.98. The van der Waals surface area contributed by atoms with Crippen LogP contribution in [-0.2, 0) is 6.42 Å². The predicted octanol–water partition coefficient (Wildman–Crippen LogP) is 4.08. The maximum absolute atomic E-state index is 3.62. The van der Waals surface area contributed by atoms with E-state index in [4.69, 9.17) is 0 Å². The quantitative estimate of drug-likeness (QED) is 0.703. The molecule has 0 aromatic heterocycles. The SMILES string of the molecule is BrC1=C[C@H]2C[C@@H]1C=C2Cc1ccccc1. The van der Waals surface area contributed by atoms with Crippen molar-refractivity contribution < 1.29 is 0 Å². The molecule has 0 unspecified atom stereocenters. The number of hydrogen-bond acceptors (Lipinski definition) is 0. The van der Waals surface area contributed by atoms with E-state index in [-0.39, 0.29) is 0 Å². The summed E-state index contributed by atoms with van der Waals surface area (Å²) in [6.45, 7) is 0. The lowest BCUT2D eigenvalue weighted by atomic mass is 9.96. The van der Waals surface area contributed by atoms with Gasteiger partial charge >= 0.3 is 0 Å². The van der Waals surface area contributed by atoms with Gasteiger partial charge in [-0.2, -0.15) is 0 Å². The third-order valence-corrected chi connectivity index (χ3v) is 4.22. The molecule has 0 radical (unpaired) electrons. The number of fused-ring (bicyclic) bond motifs is 2. The Morgan fingerprint density at radius 2 is 1.87 bits per heavy atom. The van der Waals surface area contributed by atoms with E-state index in [2.05, 4.69) is 58.4 Å². The highest BCUT2D eigenvalue weighted by Crippen LogP contribution is 2.46. The van der Waals surface area contributed by atoms with Gasteiger partial charge in [-0.25, -0.2) is 0 Å². The van der Waals surface area contributed by atoms with Crippen molar-refractivity contribution in [3.8, 4) is 0 Å². The van der Waals surface area contributed by atoms with E-state index in [9.17, 15) is 0 Å². The van der Waals surface area contributed by atoms with Gasteiger partial charge in [-0.15, -0.1) is 0 Å². The first-order chi connectivity index (χ1) is 7.33. The minimum Gasteiger partial charge on any atom is -0.0763 e. The van der Waals surface area contributed by atoms with E-state index in [0.717, 1.165) is 6.42 Å². The van der Waals surface area contributed by atoms with Crippen molar-refractivity contribution in [1.29, 1.82) is 0 Å². The van der Waals surface area contributed by atoms with Crippen LogP contribution in [0, 0.1) is 11.8 Å². The van der Waals surface area contributed by atoms with Crippen molar-refractivity contribution in [3.63, 3.8) is 0 Å². The van der Waals surface area contributed by atoms with Gasteiger partial charge in [-0.3, -0.25) is 0 Å². The lowest BCUT2D eigenvalue weighted by Gasteiger charge is -2.10. The second-order valence-electron chi connectivity index (χ2n) is 4.40. The maximum atomic E-state index is 3.62. The average Bonchev–Trinajstić information content (AvgIpc) is 2.78. The molecule has 3 rings (SSSR count). The Bertz CT molecular complexity index is 428.